The van der Waals surface area contributed by atoms with Crippen molar-refractivity contribution in [2.45, 2.75) is 25.9 Å². The van der Waals surface area contributed by atoms with Crippen LogP contribution in [0.25, 0.3) is 0 Å². The average Bonchev–Trinajstić information content (AvgIpc) is 3.27. The zero-order chi connectivity index (χ0) is 25.9. The minimum atomic E-state index is -0.808. The van der Waals surface area contributed by atoms with Crippen LogP contribution in [0.5, 0.6) is 0 Å². The molecule has 0 fully saturated rings. The fourth-order valence-corrected chi connectivity index (χ4v) is 4.78. The van der Waals surface area contributed by atoms with Gasteiger partial charge in [0.2, 0.25) is 11.0 Å². The number of halogens is 1. The maximum atomic E-state index is 13.7. The summed E-state index contributed by atoms with van der Waals surface area (Å²) in [5.41, 5.74) is 2.59. The Balaban J connectivity index is 1.42. The summed E-state index contributed by atoms with van der Waals surface area (Å²) in [5.74, 6) is -0.361. The van der Waals surface area contributed by atoms with E-state index in [4.69, 9.17) is 11.6 Å². The number of carbonyl (C=O) groups is 3. The molecule has 9 nitrogen and oxygen atoms in total. The lowest BCUT2D eigenvalue weighted by molar-refractivity contribution is -0.120. The summed E-state index contributed by atoms with van der Waals surface area (Å²) < 4.78 is 4.06. The van der Waals surface area contributed by atoms with Crippen molar-refractivity contribution in [2.24, 2.45) is 0 Å². The highest BCUT2D eigenvalue weighted by molar-refractivity contribution is 7.09. The fraction of sp³-hybridized carbons (Fsp3) is 0.154. The molecule has 0 saturated heterocycles. The van der Waals surface area contributed by atoms with Crippen molar-refractivity contribution >= 4 is 51.7 Å². The Morgan fingerprint density at radius 1 is 1.14 bits per heavy atom. The van der Waals surface area contributed by atoms with E-state index < -0.39 is 6.04 Å². The third kappa shape index (κ3) is 5.50. The van der Waals surface area contributed by atoms with Gasteiger partial charge in [-0.2, -0.15) is 4.37 Å². The molecule has 4 aromatic rings. The van der Waals surface area contributed by atoms with Crippen molar-refractivity contribution in [3.05, 3.63) is 100 Å². The molecule has 0 aliphatic carbocycles. The SMILES string of the molecule is Cc1nsc(NC(=O)c2ccc(CN3C(=O)c4ccc(Cl)cc4NC(=O)C3Cc3ccccn3)cc2)n1. The first kappa shape index (κ1) is 24.5. The van der Waals surface area contributed by atoms with E-state index in [1.165, 1.54) is 4.90 Å². The number of amides is 3. The van der Waals surface area contributed by atoms with Crippen molar-refractivity contribution in [3.8, 4) is 0 Å². The molecule has 186 valence electrons. The van der Waals surface area contributed by atoms with Gasteiger partial charge in [-0.1, -0.05) is 29.8 Å². The van der Waals surface area contributed by atoms with Crippen LogP contribution in [0, 0.1) is 6.92 Å². The predicted molar refractivity (Wildman–Crippen MR) is 141 cm³/mol. The molecule has 2 aromatic heterocycles. The van der Waals surface area contributed by atoms with Gasteiger partial charge in [-0.3, -0.25) is 24.7 Å². The third-order valence-corrected chi connectivity index (χ3v) is 6.81. The number of pyridine rings is 1. The summed E-state index contributed by atoms with van der Waals surface area (Å²) in [6.45, 7) is 1.91. The third-order valence-electron chi connectivity index (χ3n) is 5.86. The van der Waals surface area contributed by atoms with Crippen LogP contribution in [0.1, 0.15) is 37.8 Å². The second kappa shape index (κ2) is 10.5. The number of hydrogen-bond donors (Lipinski definition) is 2. The van der Waals surface area contributed by atoms with Gasteiger partial charge in [-0.05, 0) is 55.0 Å². The lowest BCUT2D eigenvalue weighted by Crippen LogP contribution is -2.46. The van der Waals surface area contributed by atoms with Crippen LogP contribution in [-0.4, -0.2) is 43.0 Å². The summed E-state index contributed by atoms with van der Waals surface area (Å²) >= 11 is 7.23. The number of fused-ring (bicyclic) bond motifs is 1. The van der Waals surface area contributed by atoms with E-state index in [1.54, 1.807) is 61.7 Å². The first-order valence-corrected chi connectivity index (χ1v) is 12.5. The second-order valence-corrected chi connectivity index (χ2v) is 9.64. The summed E-state index contributed by atoms with van der Waals surface area (Å²) in [7, 11) is 0. The van der Waals surface area contributed by atoms with E-state index in [0.29, 0.717) is 38.5 Å². The topological polar surface area (TPSA) is 117 Å². The highest BCUT2D eigenvalue weighted by Crippen LogP contribution is 2.28. The Morgan fingerprint density at radius 3 is 2.65 bits per heavy atom. The number of carbonyl (C=O) groups excluding carboxylic acids is 3. The van der Waals surface area contributed by atoms with Crippen molar-refractivity contribution in [3.63, 3.8) is 0 Å². The number of rotatable bonds is 6. The molecule has 11 heteroatoms. The number of nitrogens with zero attached hydrogens (tertiary/aromatic N) is 4. The van der Waals surface area contributed by atoms with Gasteiger partial charge < -0.3 is 10.2 Å². The van der Waals surface area contributed by atoms with E-state index in [2.05, 4.69) is 25.0 Å². The van der Waals surface area contributed by atoms with Crippen LogP contribution in [0.3, 0.4) is 0 Å². The molecule has 1 unspecified atom stereocenters. The van der Waals surface area contributed by atoms with Gasteiger partial charge in [0.1, 0.15) is 11.9 Å². The van der Waals surface area contributed by atoms with Gasteiger partial charge in [0.15, 0.2) is 0 Å². The fourth-order valence-electron chi connectivity index (χ4n) is 4.04. The van der Waals surface area contributed by atoms with Crippen LogP contribution in [0.2, 0.25) is 5.02 Å². The minimum absolute atomic E-state index is 0.156. The predicted octanol–water partition coefficient (Wildman–Crippen LogP) is 4.35. The van der Waals surface area contributed by atoms with Crippen LogP contribution in [0.15, 0.2) is 66.9 Å². The van der Waals surface area contributed by atoms with Crippen molar-refractivity contribution in [2.75, 3.05) is 10.6 Å². The molecule has 1 atom stereocenters. The van der Waals surface area contributed by atoms with E-state index in [0.717, 1.165) is 17.1 Å². The molecule has 3 amide bonds. The monoisotopic (exact) mass is 532 g/mol. The first-order valence-electron chi connectivity index (χ1n) is 11.4. The Bertz CT molecular complexity index is 1480. The number of nitrogens with one attached hydrogen (secondary N) is 2. The molecule has 0 spiro atoms. The maximum Gasteiger partial charge on any atom is 0.257 e. The summed E-state index contributed by atoms with van der Waals surface area (Å²) in [5, 5.41) is 6.41. The van der Waals surface area contributed by atoms with E-state index in [9.17, 15) is 14.4 Å². The van der Waals surface area contributed by atoms with Gasteiger partial charge in [0, 0.05) is 47.0 Å². The maximum absolute atomic E-state index is 13.7. The van der Waals surface area contributed by atoms with E-state index >= 15 is 0 Å². The molecule has 1 aliphatic rings. The number of anilines is 2. The van der Waals surface area contributed by atoms with Gasteiger partial charge in [0.05, 0.1) is 11.3 Å². The van der Waals surface area contributed by atoms with E-state index in [1.807, 2.05) is 12.1 Å². The van der Waals surface area contributed by atoms with Gasteiger partial charge >= 0.3 is 0 Å². The largest absolute Gasteiger partial charge is 0.323 e. The zero-order valence-electron chi connectivity index (χ0n) is 19.6. The van der Waals surface area contributed by atoms with Gasteiger partial charge in [0.25, 0.3) is 11.8 Å². The molecule has 2 aromatic carbocycles. The summed E-state index contributed by atoms with van der Waals surface area (Å²) in [4.78, 5) is 49.6. The standard InChI is InChI=1S/C26H21ClN6O3S/c1-15-29-26(37-32-15)31-23(34)17-7-5-16(6-8-17)14-33-22(13-19-4-2-3-11-28-19)24(35)30-21-12-18(27)9-10-20(21)25(33)36/h2-12,22H,13-14H2,1H3,(H,30,35)(H,29,31,32,34). The van der Waals surface area contributed by atoms with Crippen LogP contribution in [0.4, 0.5) is 10.8 Å². The molecule has 2 N–H and O–H groups in total. The molecule has 0 saturated carbocycles. The Labute approximate surface area is 221 Å². The number of hydrogen-bond acceptors (Lipinski definition) is 7. The average molecular weight is 533 g/mol. The smallest absolute Gasteiger partial charge is 0.257 e. The van der Waals surface area contributed by atoms with Crippen molar-refractivity contribution in [1.82, 2.24) is 19.2 Å². The van der Waals surface area contributed by atoms with Gasteiger partial charge in [-0.15, -0.1) is 0 Å². The lowest BCUT2D eigenvalue weighted by atomic mass is 10.0. The van der Waals surface area contributed by atoms with Crippen molar-refractivity contribution in [1.29, 1.82) is 0 Å². The Kier molecular flexibility index (Phi) is 6.93. The van der Waals surface area contributed by atoms with Gasteiger partial charge in [-0.25, -0.2) is 4.98 Å². The number of benzene rings is 2. The molecule has 37 heavy (non-hydrogen) atoms. The Hall–Kier alpha value is -4.15. The normalized spacial score (nSPS) is 15.1. The Morgan fingerprint density at radius 2 is 1.95 bits per heavy atom. The lowest BCUT2D eigenvalue weighted by Gasteiger charge is -2.28. The van der Waals surface area contributed by atoms with Crippen LogP contribution < -0.4 is 10.6 Å². The summed E-state index contributed by atoms with van der Waals surface area (Å²) in [6.07, 6.45) is 1.89. The first-order chi connectivity index (χ1) is 17.9. The minimum Gasteiger partial charge on any atom is -0.323 e. The van der Waals surface area contributed by atoms with Crippen LogP contribution >= 0.6 is 23.1 Å². The highest BCUT2D eigenvalue weighted by atomic mass is 35.5. The molecule has 0 bridgehead atoms. The molecule has 3 heterocycles. The summed E-state index contributed by atoms with van der Waals surface area (Å²) in [6, 6.07) is 16.3. The van der Waals surface area contributed by atoms with Crippen molar-refractivity contribution < 1.29 is 14.4 Å². The second-order valence-electron chi connectivity index (χ2n) is 8.45. The highest BCUT2D eigenvalue weighted by Gasteiger charge is 2.36. The molecule has 0 radical (unpaired) electrons. The number of aromatic nitrogens is 3. The quantitative estimate of drug-likeness (QED) is 0.381. The number of aryl methyl sites for hydroxylation is 1. The van der Waals surface area contributed by atoms with E-state index in [-0.39, 0.29) is 30.7 Å². The molecule has 1 aliphatic heterocycles. The molecular formula is C26H21ClN6O3S. The molecule has 5 rings (SSSR count). The van der Waals surface area contributed by atoms with Crippen LogP contribution in [-0.2, 0) is 17.8 Å². The zero-order valence-corrected chi connectivity index (χ0v) is 21.2. The molecular weight excluding hydrogens is 512 g/mol.